The van der Waals surface area contributed by atoms with Gasteiger partial charge in [0.25, 0.3) is 0 Å². The molecular formula is C13H14N6O. The zero-order valence-electron chi connectivity index (χ0n) is 11.0. The van der Waals surface area contributed by atoms with E-state index in [2.05, 4.69) is 30.1 Å². The minimum Gasteiger partial charge on any atom is -0.390 e. The zero-order chi connectivity index (χ0) is 13.9. The Bertz CT molecular complexity index is 739. The summed E-state index contributed by atoms with van der Waals surface area (Å²) in [6, 6.07) is 0. The number of aromatic amines is 1. The van der Waals surface area contributed by atoms with Crippen LogP contribution >= 0.6 is 0 Å². The van der Waals surface area contributed by atoms with Crippen molar-refractivity contribution in [2.45, 2.75) is 26.4 Å². The first-order valence-corrected chi connectivity index (χ1v) is 6.34. The van der Waals surface area contributed by atoms with E-state index in [0.29, 0.717) is 24.4 Å². The Labute approximate surface area is 115 Å². The van der Waals surface area contributed by atoms with Crippen LogP contribution in [-0.4, -0.2) is 35.2 Å². The van der Waals surface area contributed by atoms with Crippen LogP contribution in [0.1, 0.15) is 22.9 Å². The molecule has 3 rings (SSSR count). The number of aromatic nitrogens is 6. The van der Waals surface area contributed by atoms with Gasteiger partial charge >= 0.3 is 0 Å². The molecule has 7 nitrogen and oxygen atoms in total. The Morgan fingerprint density at radius 2 is 1.80 bits per heavy atom. The molecule has 0 atom stereocenters. The fourth-order valence-electron chi connectivity index (χ4n) is 2.18. The Morgan fingerprint density at radius 1 is 1.05 bits per heavy atom. The van der Waals surface area contributed by atoms with Crippen molar-refractivity contribution in [1.82, 2.24) is 30.1 Å². The second-order valence-corrected chi connectivity index (χ2v) is 4.46. The predicted molar refractivity (Wildman–Crippen MR) is 71.8 cm³/mol. The normalized spacial score (nSPS) is 11.1. The van der Waals surface area contributed by atoms with E-state index in [1.54, 1.807) is 18.6 Å². The Kier molecular flexibility index (Phi) is 3.34. The van der Waals surface area contributed by atoms with Crippen LogP contribution in [-0.2, 0) is 19.4 Å². The number of rotatable bonds is 4. The van der Waals surface area contributed by atoms with Crippen LogP contribution in [0.3, 0.4) is 0 Å². The molecule has 3 aromatic rings. The maximum atomic E-state index is 9.26. The zero-order valence-corrected chi connectivity index (χ0v) is 11.0. The quantitative estimate of drug-likeness (QED) is 0.724. The van der Waals surface area contributed by atoms with Crippen molar-refractivity contribution in [3.8, 4) is 0 Å². The summed E-state index contributed by atoms with van der Waals surface area (Å²) in [7, 11) is 0. The first kappa shape index (κ1) is 12.6. The van der Waals surface area contributed by atoms with E-state index in [1.807, 2.05) is 6.92 Å². The summed E-state index contributed by atoms with van der Waals surface area (Å²) in [5.41, 5.74) is 3.08. The molecule has 0 aromatic carbocycles. The maximum Gasteiger partial charge on any atom is 0.159 e. The second kappa shape index (κ2) is 5.30. The molecule has 0 amide bonds. The number of H-pyrrole nitrogens is 1. The van der Waals surface area contributed by atoms with Crippen molar-refractivity contribution in [2.75, 3.05) is 0 Å². The highest BCUT2D eigenvalue weighted by molar-refractivity contribution is 5.76. The maximum absolute atomic E-state index is 9.26. The second-order valence-electron chi connectivity index (χ2n) is 4.46. The van der Waals surface area contributed by atoms with Gasteiger partial charge in [-0.15, -0.1) is 0 Å². The summed E-state index contributed by atoms with van der Waals surface area (Å²) >= 11 is 0. The monoisotopic (exact) mass is 270 g/mol. The van der Waals surface area contributed by atoms with E-state index in [9.17, 15) is 5.11 Å². The van der Waals surface area contributed by atoms with E-state index in [1.165, 1.54) is 0 Å². The van der Waals surface area contributed by atoms with Crippen molar-refractivity contribution in [3.05, 3.63) is 41.5 Å². The lowest BCUT2D eigenvalue weighted by molar-refractivity contribution is 0.274. The molecule has 3 aromatic heterocycles. The highest BCUT2D eigenvalue weighted by Gasteiger charge is 2.10. The highest BCUT2D eigenvalue weighted by atomic mass is 16.3. The summed E-state index contributed by atoms with van der Waals surface area (Å²) < 4.78 is 0. The SMILES string of the molecule is Cc1nc(CCc2nccnc2CO)c2cn[nH]c2n1. The molecule has 0 radical (unpaired) electrons. The fourth-order valence-corrected chi connectivity index (χ4v) is 2.18. The lowest BCUT2D eigenvalue weighted by Crippen LogP contribution is -2.04. The number of hydrogen-bond donors (Lipinski definition) is 2. The predicted octanol–water partition coefficient (Wildman–Crippen LogP) is 0.729. The molecule has 0 aliphatic rings. The van der Waals surface area contributed by atoms with Crippen molar-refractivity contribution in [1.29, 1.82) is 0 Å². The van der Waals surface area contributed by atoms with Gasteiger partial charge in [0.1, 0.15) is 5.82 Å². The smallest absolute Gasteiger partial charge is 0.159 e. The minimum atomic E-state index is -0.104. The topological polar surface area (TPSA) is 100 Å². The number of nitrogens with zero attached hydrogens (tertiary/aromatic N) is 5. The van der Waals surface area contributed by atoms with Gasteiger partial charge in [-0.1, -0.05) is 0 Å². The van der Waals surface area contributed by atoms with E-state index in [4.69, 9.17) is 0 Å². The lowest BCUT2D eigenvalue weighted by Gasteiger charge is -2.06. The standard InChI is InChI=1S/C13H14N6O/c1-8-17-10(9-6-16-19-13(9)18-8)2-3-11-12(7-20)15-5-4-14-11/h4-6,20H,2-3,7H2,1H3,(H,16,17,18,19). The lowest BCUT2D eigenvalue weighted by atomic mass is 10.1. The summed E-state index contributed by atoms with van der Waals surface area (Å²) in [4.78, 5) is 17.1. The molecule has 0 saturated heterocycles. The molecule has 0 aliphatic carbocycles. The molecule has 3 heterocycles. The number of nitrogens with one attached hydrogen (secondary N) is 1. The molecule has 7 heteroatoms. The van der Waals surface area contributed by atoms with Crippen molar-refractivity contribution in [3.63, 3.8) is 0 Å². The average molecular weight is 270 g/mol. The van der Waals surface area contributed by atoms with E-state index in [0.717, 1.165) is 22.4 Å². The van der Waals surface area contributed by atoms with E-state index >= 15 is 0 Å². The van der Waals surface area contributed by atoms with Crippen LogP contribution < -0.4 is 0 Å². The Morgan fingerprint density at radius 3 is 2.60 bits per heavy atom. The van der Waals surface area contributed by atoms with Gasteiger partial charge in [-0.25, -0.2) is 9.97 Å². The third kappa shape index (κ3) is 2.35. The van der Waals surface area contributed by atoms with Gasteiger partial charge in [0.05, 0.1) is 35.3 Å². The molecule has 0 saturated carbocycles. The van der Waals surface area contributed by atoms with Gasteiger partial charge in [-0.05, 0) is 19.8 Å². The molecular weight excluding hydrogens is 256 g/mol. The molecule has 0 fully saturated rings. The first-order valence-electron chi connectivity index (χ1n) is 6.34. The van der Waals surface area contributed by atoms with Crippen LogP contribution in [0, 0.1) is 6.92 Å². The molecule has 0 spiro atoms. The van der Waals surface area contributed by atoms with Gasteiger partial charge in [0.2, 0.25) is 0 Å². The van der Waals surface area contributed by atoms with Crippen molar-refractivity contribution >= 4 is 11.0 Å². The van der Waals surface area contributed by atoms with Gasteiger partial charge in [0, 0.05) is 12.4 Å². The van der Waals surface area contributed by atoms with Crippen molar-refractivity contribution in [2.24, 2.45) is 0 Å². The Balaban J connectivity index is 1.88. The summed E-state index contributed by atoms with van der Waals surface area (Å²) in [6.45, 7) is 1.75. The van der Waals surface area contributed by atoms with Crippen LogP contribution in [0.5, 0.6) is 0 Å². The highest BCUT2D eigenvalue weighted by Crippen LogP contribution is 2.15. The minimum absolute atomic E-state index is 0.104. The first-order chi connectivity index (χ1) is 9.78. The summed E-state index contributed by atoms with van der Waals surface area (Å²) in [6.07, 6.45) is 6.31. The molecule has 0 unspecified atom stereocenters. The van der Waals surface area contributed by atoms with E-state index < -0.39 is 0 Å². The van der Waals surface area contributed by atoms with E-state index in [-0.39, 0.29) is 6.61 Å². The number of aryl methyl sites for hydroxylation is 3. The van der Waals surface area contributed by atoms with Gasteiger partial charge < -0.3 is 5.11 Å². The summed E-state index contributed by atoms with van der Waals surface area (Å²) in [5.74, 6) is 0.707. The van der Waals surface area contributed by atoms with Crippen LogP contribution in [0.4, 0.5) is 0 Å². The molecule has 0 bridgehead atoms. The molecule has 0 aliphatic heterocycles. The van der Waals surface area contributed by atoms with Gasteiger partial charge in [0.15, 0.2) is 5.65 Å². The van der Waals surface area contributed by atoms with Gasteiger partial charge in [-0.3, -0.25) is 15.1 Å². The molecule has 102 valence electrons. The number of fused-ring (bicyclic) bond motifs is 1. The third-order valence-corrected chi connectivity index (χ3v) is 3.11. The fraction of sp³-hybridized carbons (Fsp3) is 0.308. The van der Waals surface area contributed by atoms with Crippen molar-refractivity contribution < 1.29 is 5.11 Å². The molecule has 20 heavy (non-hydrogen) atoms. The molecule has 2 N–H and O–H groups in total. The van der Waals surface area contributed by atoms with Gasteiger partial charge in [-0.2, -0.15) is 5.10 Å². The summed E-state index contributed by atoms with van der Waals surface area (Å²) in [5, 5.41) is 17.0. The van der Waals surface area contributed by atoms with Crippen LogP contribution in [0.2, 0.25) is 0 Å². The number of aliphatic hydroxyl groups excluding tert-OH is 1. The largest absolute Gasteiger partial charge is 0.390 e. The number of aliphatic hydroxyl groups is 1. The Hall–Kier alpha value is -2.41. The third-order valence-electron chi connectivity index (χ3n) is 3.11. The average Bonchev–Trinajstić information content (AvgIpc) is 2.93. The van der Waals surface area contributed by atoms with Crippen LogP contribution in [0.15, 0.2) is 18.6 Å². The number of hydrogen-bond acceptors (Lipinski definition) is 6. The van der Waals surface area contributed by atoms with Crippen LogP contribution in [0.25, 0.3) is 11.0 Å².